The summed E-state index contributed by atoms with van der Waals surface area (Å²) in [5, 5.41) is 7.43. The Morgan fingerprint density at radius 3 is 2.55 bits per heavy atom. The molecular weight excluding hydrogens is 368 g/mol. The number of amides is 1. The van der Waals surface area contributed by atoms with Crippen LogP contribution in [0.3, 0.4) is 0 Å². The second kappa shape index (κ2) is 9.47. The van der Waals surface area contributed by atoms with E-state index in [1.54, 1.807) is 0 Å². The van der Waals surface area contributed by atoms with Crippen LogP contribution < -0.4 is 5.32 Å². The molecule has 1 atom stereocenters. The summed E-state index contributed by atoms with van der Waals surface area (Å²) in [7, 11) is 0. The molecule has 29 heavy (non-hydrogen) atoms. The first-order valence-electron chi connectivity index (χ1n) is 10.5. The van der Waals surface area contributed by atoms with Crippen LogP contribution >= 0.6 is 0 Å². The highest BCUT2D eigenvalue weighted by Gasteiger charge is 2.26. The molecule has 1 N–H and O–H groups in total. The number of piperazine rings is 2. The number of nitrogens with one attached hydrogen (secondary N) is 1. The van der Waals surface area contributed by atoms with Crippen molar-refractivity contribution in [2.24, 2.45) is 0 Å². The summed E-state index contributed by atoms with van der Waals surface area (Å²) in [5.74, 6) is 1.57. The summed E-state index contributed by atoms with van der Waals surface area (Å²) >= 11 is 0. The molecule has 2 saturated heterocycles. The van der Waals surface area contributed by atoms with Crippen molar-refractivity contribution in [3.05, 3.63) is 36.2 Å². The van der Waals surface area contributed by atoms with Gasteiger partial charge in [-0.1, -0.05) is 35.5 Å². The molecule has 0 bridgehead atoms. The molecule has 1 aromatic heterocycles. The third-order valence-electron chi connectivity index (χ3n) is 5.90. The lowest BCUT2D eigenvalue weighted by molar-refractivity contribution is -0.132. The number of carbonyl (C=O) groups is 1. The van der Waals surface area contributed by atoms with E-state index in [-0.39, 0.29) is 11.9 Å². The average molecular weight is 399 g/mol. The highest BCUT2D eigenvalue weighted by molar-refractivity contribution is 5.76. The molecule has 0 saturated carbocycles. The van der Waals surface area contributed by atoms with E-state index in [1.807, 2.05) is 35.2 Å². The van der Waals surface area contributed by atoms with Crippen LogP contribution in [-0.2, 0) is 4.79 Å². The van der Waals surface area contributed by atoms with Gasteiger partial charge >= 0.3 is 0 Å². The van der Waals surface area contributed by atoms with Crippen LogP contribution in [-0.4, -0.2) is 89.7 Å². The molecule has 3 heterocycles. The van der Waals surface area contributed by atoms with Gasteiger partial charge in [-0.05, 0) is 6.92 Å². The lowest BCUT2D eigenvalue weighted by Gasteiger charge is -2.37. The zero-order valence-electron chi connectivity index (χ0n) is 17.1. The van der Waals surface area contributed by atoms with Gasteiger partial charge in [-0.3, -0.25) is 9.69 Å². The Labute approximate surface area is 171 Å². The molecule has 156 valence electrons. The molecule has 1 aromatic carbocycles. The molecule has 0 radical (unpaired) electrons. The Bertz CT molecular complexity index is 781. The van der Waals surface area contributed by atoms with E-state index in [0.29, 0.717) is 18.1 Å². The normalized spacial score (nSPS) is 20.0. The van der Waals surface area contributed by atoms with Crippen molar-refractivity contribution in [1.82, 2.24) is 30.2 Å². The smallest absolute Gasteiger partial charge is 0.244 e. The minimum absolute atomic E-state index is 0.0876. The number of benzene rings is 1. The van der Waals surface area contributed by atoms with E-state index in [0.717, 1.165) is 64.5 Å². The predicted molar refractivity (Wildman–Crippen MR) is 110 cm³/mol. The second-order valence-electron chi connectivity index (χ2n) is 7.76. The van der Waals surface area contributed by atoms with Gasteiger partial charge in [0.2, 0.25) is 17.6 Å². The van der Waals surface area contributed by atoms with E-state index in [1.165, 1.54) is 0 Å². The van der Waals surface area contributed by atoms with Crippen LogP contribution in [0.1, 0.15) is 25.3 Å². The number of rotatable bonds is 6. The maximum atomic E-state index is 12.4. The van der Waals surface area contributed by atoms with Crippen LogP contribution in [0.5, 0.6) is 0 Å². The molecule has 0 aliphatic carbocycles. The van der Waals surface area contributed by atoms with E-state index in [2.05, 4.69) is 32.2 Å². The van der Waals surface area contributed by atoms with Crippen molar-refractivity contribution >= 4 is 5.91 Å². The van der Waals surface area contributed by atoms with Gasteiger partial charge in [-0.2, -0.15) is 4.98 Å². The third kappa shape index (κ3) is 5.01. The summed E-state index contributed by atoms with van der Waals surface area (Å²) in [6, 6.07) is 9.98. The SMILES string of the molecule is CC(c1nc(-c2ccccc2)no1)N1CCN(CCC(=O)N2CCNCC2)CC1. The van der Waals surface area contributed by atoms with Crippen molar-refractivity contribution in [3.63, 3.8) is 0 Å². The fraction of sp³-hybridized carbons (Fsp3) is 0.571. The molecule has 4 rings (SSSR count). The fourth-order valence-electron chi connectivity index (χ4n) is 3.97. The second-order valence-corrected chi connectivity index (χ2v) is 7.76. The predicted octanol–water partition coefficient (Wildman–Crippen LogP) is 1.24. The Morgan fingerprint density at radius 1 is 1.10 bits per heavy atom. The topological polar surface area (TPSA) is 77.7 Å². The lowest BCUT2D eigenvalue weighted by Crippen LogP contribution is -2.49. The molecule has 1 unspecified atom stereocenters. The van der Waals surface area contributed by atoms with Crippen molar-refractivity contribution in [2.75, 3.05) is 58.9 Å². The van der Waals surface area contributed by atoms with Gasteiger partial charge in [0.05, 0.1) is 6.04 Å². The number of carbonyl (C=O) groups excluding carboxylic acids is 1. The molecule has 2 aliphatic heterocycles. The molecule has 2 aromatic rings. The molecule has 1 amide bonds. The molecule has 8 heteroatoms. The lowest BCUT2D eigenvalue weighted by atomic mass is 10.2. The largest absolute Gasteiger partial charge is 0.340 e. The van der Waals surface area contributed by atoms with Gasteiger partial charge in [-0.15, -0.1) is 0 Å². The zero-order chi connectivity index (χ0) is 20.1. The van der Waals surface area contributed by atoms with Crippen LogP contribution in [0.2, 0.25) is 0 Å². The van der Waals surface area contributed by atoms with E-state index in [4.69, 9.17) is 4.52 Å². The van der Waals surface area contributed by atoms with Crippen LogP contribution in [0.15, 0.2) is 34.9 Å². The Morgan fingerprint density at radius 2 is 1.83 bits per heavy atom. The fourth-order valence-corrected chi connectivity index (χ4v) is 3.97. The molecule has 2 aliphatic rings. The van der Waals surface area contributed by atoms with Gasteiger partial charge in [0.15, 0.2) is 0 Å². The third-order valence-corrected chi connectivity index (χ3v) is 5.90. The first kappa shape index (κ1) is 20.0. The summed E-state index contributed by atoms with van der Waals surface area (Å²) in [6.45, 7) is 10.2. The number of hydrogen-bond donors (Lipinski definition) is 1. The van der Waals surface area contributed by atoms with Gasteiger partial charge in [0.25, 0.3) is 0 Å². The van der Waals surface area contributed by atoms with Crippen LogP contribution in [0.25, 0.3) is 11.4 Å². The summed E-state index contributed by atoms with van der Waals surface area (Å²) in [6.07, 6.45) is 0.611. The maximum absolute atomic E-state index is 12.4. The molecular formula is C21H30N6O2. The first-order valence-corrected chi connectivity index (χ1v) is 10.5. The highest BCUT2D eigenvalue weighted by Crippen LogP contribution is 2.23. The molecule has 0 spiro atoms. The molecule has 2 fully saturated rings. The van der Waals surface area contributed by atoms with Crippen molar-refractivity contribution in [1.29, 1.82) is 0 Å². The molecule has 8 nitrogen and oxygen atoms in total. The van der Waals surface area contributed by atoms with E-state index in [9.17, 15) is 4.79 Å². The Kier molecular flexibility index (Phi) is 6.53. The Balaban J connectivity index is 1.24. The van der Waals surface area contributed by atoms with Gasteiger partial charge in [-0.25, -0.2) is 0 Å². The summed E-state index contributed by atoms with van der Waals surface area (Å²) in [4.78, 5) is 23.7. The van der Waals surface area contributed by atoms with E-state index >= 15 is 0 Å². The quantitative estimate of drug-likeness (QED) is 0.784. The van der Waals surface area contributed by atoms with Crippen molar-refractivity contribution in [2.45, 2.75) is 19.4 Å². The monoisotopic (exact) mass is 398 g/mol. The Hall–Kier alpha value is -2.29. The summed E-state index contributed by atoms with van der Waals surface area (Å²) in [5.41, 5.74) is 0.966. The van der Waals surface area contributed by atoms with E-state index < -0.39 is 0 Å². The number of hydrogen-bond acceptors (Lipinski definition) is 7. The standard InChI is InChI=1S/C21H30N6O2/c1-17(21-23-20(24-29-21)18-5-3-2-4-6-18)26-15-13-25(14-16-26)10-7-19(28)27-11-8-22-9-12-27/h2-6,17,22H,7-16H2,1H3. The van der Waals surface area contributed by atoms with Gasteiger partial charge in [0, 0.05) is 70.9 Å². The highest BCUT2D eigenvalue weighted by atomic mass is 16.5. The average Bonchev–Trinajstić information content (AvgIpc) is 3.29. The number of aromatic nitrogens is 2. The van der Waals surface area contributed by atoms with Crippen LogP contribution in [0.4, 0.5) is 0 Å². The zero-order valence-corrected chi connectivity index (χ0v) is 17.1. The van der Waals surface area contributed by atoms with Gasteiger partial charge in [0.1, 0.15) is 0 Å². The minimum Gasteiger partial charge on any atom is -0.340 e. The van der Waals surface area contributed by atoms with Crippen LogP contribution in [0, 0.1) is 0 Å². The van der Waals surface area contributed by atoms with Crippen molar-refractivity contribution < 1.29 is 9.32 Å². The summed E-state index contributed by atoms with van der Waals surface area (Å²) < 4.78 is 5.54. The first-order chi connectivity index (χ1) is 14.2. The number of nitrogens with zero attached hydrogens (tertiary/aromatic N) is 5. The van der Waals surface area contributed by atoms with Gasteiger partial charge < -0.3 is 19.6 Å². The minimum atomic E-state index is 0.0876. The maximum Gasteiger partial charge on any atom is 0.244 e. The van der Waals surface area contributed by atoms with Crippen molar-refractivity contribution in [3.8, 4) is 11.4 Å².